The Morgan fingerprint density at radius 3 is 2.72 bits per heavy atom. The number of nitrogens with one attached hydrogen (secondary N) is 1. The molecule has 3 N–H and O–H groups in total. The van der Waals surface area contributed by atoms with Gasteiger partial charge in [0.05, 0.1) is 0 Å². The Labute approximate surface area is 104 Å². The topological polar surface area (TPSA) is 64.3 Å². The van der Waals surface area contributed by atoms with Crippen LogP contribution in [0.5, 0.6) is 0 Å². The van der Waals surface area contributed by atoms with E-state index < -0.39 is 25.0 Å². The van der Waals surface area contributed by atoms with Gasteiger partial charge in [-0.3, -0.25) is 4.79 Å². The largest absolute Gasteiger partial charge is 0.399 e. The Hall–Kier alpha value is -1.69. The van der Waals surface area contributed by atoms with Crippen LogP contribution in [-0.4, -0.2) is 25.0 Å². The molecule has 1 atom stereocenters. The van der Waals surface area contributed by atoms with Gasteiger partial charge in [-0.1, -0.05) is 0 Å². The van der Waals surface area contributed by atoms with Gasteiger partial charge in [-0.2, -0.15) is 0 Å². The third-order valence-electron chi connectivity index (χ3n) is 2.35. The number of anilines is 2. The zero-order valence-corrected chi connectivity index (χ0v) is 10.2. The fraction of sp³-hybridized carbons (Fsp3) is 0.417. The number of nitrogens with two attached hydrogens (primary N) is 1. The molecule has 18 heavy (non-hydrogen) atoms. The number of aryl methyl sites for hydroxylation is 1. The Kier molecular flexibility index (Phi) is 5.03. The van der Waals surface area contributed by atoms with Crippen LogP contribution in [0.2, 0.25) is 0 Å². The predicted octanol–water partition coefficient (Wildman–Crippen LogP) is 2.19. The highest BCUT2D eigenvalue weighted by atomic mass is 19.3. The third kappa shape index (κ3) is 4.29. The standard InChI is InChI=1S/C12H16F2N2O2/c1-7-5-9(15)3-4-10(7)16-12(17)8(2)18-6-11(13)14/h3-5,8,11H,6,15H2,1-2H3,(H,16,17). The number of carbonyl (C=O) groups excluding carboxylic acids is 1. The van der Waals surface area contributed by atoms with Crippen LogP contribution in [0.15, 0.2) is 18.2 Å². The molecule has 1 rings (SSSR count). The molecule has 0 aromatic heterocycles. The van der Waals surface area contributed by atoms with Crippen molar-refractivity contribution in [2.45, 2.75) is 26.4 Å². The van der Waals surface area contributed by atoms with Crippen molar-refractivity contribution in [2.75, 3.05) is 17.7 Å². The number of halogens is 2. The van der Waals surface area contributed by atoms with Gasteiger partial charge >= 0.3 is 0 Å². The summed E-state index contributed by atoms with van der Waals surface area (Å²) in [5, 5.41) is 2.60. The summed E-state index contributed by atoms with van der Waals surface area (Å²) < 4.78 is 28.6. The predicted molar refractivity (Wildman–Crippen MR) is 65.6 cm³/mol. The Morgan fingerprint density at radius 1 is 1.50 bits per heavy atom. The molecule has 0 saturated carbocycles. The fourth-order valence-corrected chi connectivity index (χ4v) is 1.35. The molecule has 4 nitrogen and oxygen atoms in total. The van der Waals surface area contributed by atoms with Crippen molar-refractivity contribution < 1.29 is 18.3 Å². The highest BCUT2D eigenvalue weighted by molar-refractivity contribution is 5.94. The van der Waals surface area contributed by atoms with Gasteiger partial charge in [-0.15, -0.1) is 0 Å². The van der Waals surface area contributed by atoms with E-state index in [2.05, 4.69) is 5.32 Å². The van der Waals surface area contributed by atoms with Crippen molar-refractivity contribution in [3.05, 3.63) is 23.8 Å². The molecule has 0 fully saturated rings. The monoisotopic (exact) mass is 258 g/mol. The normalized spacial score (nSPS) is 12.5. The Morgan fingerprint density at radius 2 is 2.17 bits per heavy atom. The number of benzene rings is 1. The van der Waals surface area contributed by atoms with Crippen molar-refractivity contribution in [1.82, 2.24) is 0 Å². The molecule has 1 unspecified atom stereocenters. The van der Waals surface area contributed by atoms with Crippen LogP contribution in [0.4, 0.5) is 20.2 Å². The summed E-state index contributed by atoms with van der Waals surface area (Å²) >= 11 is 0. The molecule has 6 heteroatoms. The molecule has 0 heterocycles. The minimum atomic E-state index is -2.58. The highest BCUT2D eigenvalue weighted by Gasteiger charge is 2.16. The first-order valence-electron chi connectivity index (χ1n) is 5.47. The van der Waals surface area contributed by atoms with E-state index in [9.17, 15) is 13.6 Å². The summed E-state index contributed by atoms with van der Waals surface area (Å²) in [6.07, 6.45) is -3.52. The summed E-state index contributed by atoms with van der Waals surface area (Å²) in [6.45, 7) is 2.45. The molecule has 100 valence electrons. The zero-order valence-electron chi connectivity index (χ0n) is 10.2. The van der Waals surface area contributed by atoms with Gasteiger partial charge in [-0.25, -0.2) is 8.78 Å². The van der Waals surface area contributed by atoms with E-state index in [1.807, 2.05) is 0 Å². The summed E-state index contributed by atoms with van der Waals surface area (Å²) in [4.78, 5) is 11.6. The van der Waals surface area contributed by atoms with Crippen molar-refractivity contribution in [1.29, 1.82) is 0 Å². The van der Waals surface area contributed by atoms with Gasteiger partial charge < -0.3 is 15.8 Å². The maximum atomic E-state index is 11.9. The number of alkyl halides is 2. The number of ether oxygens (including phenoxy) is 1. The maximum Gasteiger partial charge on any atom is 0.261 e. The van der Waals surface area contributed by atoms with Crippen molar-refractivity contribution in [3.8, 4) is 0 Å². The molecule has 0 radical (unpaired) electrons. The van der Waals surface area contributed by atoms with Crippen molar-refractivity contribution in [2.24, 2.45) is 0 Å². The average molecular weight is 258 g/mol. The Balaban J connectivity index is 2.58. The second-order valence-corrected chi connectivity index (χ2v) is 3.93. The molecule has 0 spiro atoms. The second kappa shape index (κ2) is 6.30. The van der Waals surface area contributed by atoms with E-state index in [1.54, 1.807) is 25.1 Å². The van der Waals surface area contributed by atoms with E-state index >= 15 is 0 Å². The van der Waals surface area contributed by atoms with E-state index in [4.69, 9.17) is 10.5 Å². The molecule has 1 amide bonds. The van der Waals surface area contributed by atoms with Crippen LogP contribution in [0.3, 0.4) is 0 Å². The highest BCUT2D eigenvalue weighted by Crippen LogP contribution is 2.18. The van der Waals surface area contributed by atoms with Gasteiger partial charge in [0.25, 0.3) is 12.3 Å². The van der Waals surface area contributed by atoms with E-state index in [-0.39, 0.29) is 0 Å². The van der Waals surface area contributed by atoms with Crippen molar-refractivity contribution in [3.63, 3.8) is 0 Å². The van der Waals surface area contributed by atoms with Gasteiger partial charge in [0.15, 0.2) is 0 Å². The smallest absolute Gasteiger partial charge is 0.261 e. The minimum Gasteiger partial charge on any atom is -0.399 e. The fourth-order valence-electron chi connectivity index (χ4n) is 1.35. The maximum absolute atomic E-state index is 11.9. The van der Waals surface area contributed by atoms with Crippen molar-refractivity contribution >= 4 is 17.3 Å². The molecule has 1 aromatic rings. The first-order chi connectivity index (χ1) is 8.40. The molecular formula is C12H16F2N2O2. The van der Waals surface area contributed by atoms with Crippen LogP contribution in [0, 0.1) is 6.92 Å². The van der Waals surface area contributed by atoms with Crippen LogP contribution in [0.1, 0.15) is 12.5 Å². The van der Waals surface area contributed by atoms with E-state index in [1.165, 1.54) is 6.92 Å². The van der Waals surface area contributed by atoms with E-state index in [0.717, 1.165) is 5.56 Å². The molecule has 0 bridgehead atoms. The van der Waals surface area contributed by atoms with Crippen LogP contribution in [-0.2, 0) is 9.53 Å². The van der Waals surface area contributed by atoms with Gasteiger partial charge in [0, 0.05) is 11.4 Å². The third-order valence-corrected chi connectivity index (χ3v) is 2.35. The molecule has 0 saturated heterocycles. The number of amides is 1. The lowest BCUT2D eigenvalue weighted by Gasteiger charge is -2.14. The quantitative estimate of drug-likeness (QED) is 0.796. The lowest BCUT2D eigenvalue weighted by molar-refractivity contribution is -0.128. The van der Waals surface area contributed by atoms with Gasteiger partial charge in [-0.05, 0) is 37.6 Å². The molecule has 1 aromatic carbocycles. The minimum absolute atomic E-state index is 0.469. The summed E-state index contributed by atoms with van der Waals surface area (Å²) in [7, 11) is 0. The van der Waals surface area contributed by atoms with Crippen LogP contribution < -0.4 is 11.1 Å². The average Bonchev–Trinajstić information content (AvgIpc) is 2.29. The first kappa shape index (κ1) is 14.4. The van der Waals surface area contributed by atoms with E-state index in [0.29, 0.717) is 11.4 Å². The number of carbonyl (C=O) groups is 1. The lowest BCUT2D eigenvalue weighted by Crippen LogP contribution is -2.29. The van der Waals surface area contributed by atoms with Crippen LogP contribution in [0.25, 0.3) is 0 Å². The number of hydrogen-bond acceptors (Lipinski definition) is 3. The summed E-state index contributed by atoms with van der Waals surface area (Å²) in [5.74, 6) is -0.469. The molecule has 0 aliphatic rings. The molecular weight excluding hydrogens is 242 g/mol. The number of rotatable bonds is 5. The Bertz CT molecular complexity index is 425. The van der Waals surface area contributed by atoms with Gasteiger partial charge in [0.1, 0.15) is 12.7 Å². The zero-order chi connectivity index (χ0) is 13.7. The first-order valence-corrected chi connectivity index (χ1v) is 5.47. The number of hydrogen-bond donors (Lipinski definition) is 2. The second-order valence-electron chi connectivity index (χ2n) is 3.93. The SMILES string of the molecule is Cc1cc(N)ccc1NC(=O)C(C)OCC(F)F. The lowest BCUT2D eigenvalue weighted by atomic mass is 10.1. The number of nitrogen functional groups attached to an aromatic ring is 1. The summed E-state index contributed by atoms with van der Waals surface area (Å²) in [6, 6.07) is 5.01. The van der Waals surface area contributed by atoms with Crippen LogP contribution >= 0.6 is 0 Å². The van der Waals surface area contributed by atoms with Gasteiger partial charge in [0.2, 0.25) is 0 Å². The molecule has 0 aliphatic heterocycles. The molecule has 0 aliphatic carbocycles. The summed E-state index contributed by atoms with van der Waals surface area (Å²) in [5.41, 5.74) is 7.55.